The average molecular weight is 310 g/mol. The van der Waals surface area contributed by atoms with Crippen molar-refractivity contribution in [2.24, 2.45) is 0 Å². The average Bonchev–Trinajstić information content (AvgIpc) is 2.90. The zero-order valence-corrected chi connectivity index (χ0v) is 13.2. The number of rotatable bonds is 7. The maximum Gasteiger partial charge on any atom is 0.124 e. The summed E-state index contributed by atoms with van der Waals surface area (Å²) in [5.74, 6) is -0.319. The number of hydrogen-bond donors (Lipinski definition) is 1. The van der Waals surface area contributed by atoms with E-state index >= 15 is 0 Å². The zero-order chi connectivity index (χ0) is 15.2. The molecule has 0 amide bonds. The standard InChI is InChI=1S/C16H21ClFN3/c1-3-8-19-16(13-6-5-12(18)11-14(13)17)15-7-9-20-21(15)10-4-2/h5-7,9,11,16,19H,3-4,8,10H2,1-2H3. The Kier molecular flexibility index (Phi) is 5.76. The first-order valence-electron chi connectivity index (χ1n) is 7.37. The maximum absolute atomic E-state index is 13.3. The smallest absolute Gasteiger partial charge is 0.124 e. The zero-order valence-electron chi connectivity index (χ0n) is 12.4. The first kappa shape index (κ1) is 16.0. The Morgan fingerprint density at radius 2 is 2.10 bits per heavy atom. The summed E-state index contributed by atoms with van der Waals surface area (Å²) < 4.78 is 15.3. The molecule has 1 heterocycles. The van der Waals surface area contributed by atoms with E-state index in [4.69, 9.17) is 11.6 Å². The third-order valence-electron chi connectivity index (χ3n) is 3.35. The Bertz CT molecular complexity index is 583. The minimum atomic E-state index is -0.319. The van der Waals surface area contributed by atoms with Crippen LogP contribution < -0.4 is 5.32 Å². The molecule has 2 rings (SSSR count). The number of aromatic nitrogens is 2. The Balaban J connectivity index is 2.39. The number of halogens is 2. The van der Waals surface area contributed by atoms with Gasteiger partial charge in [0.25, 0.3) is 0 Å². The van der Waals surface area contributed by atoms with E-state index < -0.39 is 0 Å². The molecule has 0 aliphatic heterocycles. The van der Waals surface area contributed by atoms with Crippen LogP contribution >= 0.6 is 11.6 Å². The number of nitrogens with one attached hydrogen (secondary N) is 1. The van der Waals surface area contributed by atoms with Crippen LogP contribution in [0.4, 0.5) is 4.39 Å². The predicted molar refractivity (Wildman–Crippen MR) is 84.1 cm³/mol. The van der Waals surface area contributed by atoms with E-state index in [9.17, 15) is 4.39 Å². The lowest BCUT2D eigenvalue weighted by Crippen LogP contribution is -2.26. The topological polar surface area (TPSA) is 29.9 Å². The van der Waals surface area contributed by atoms with Crippen molar-refractivity contribution in [3.8, 4) is 0 Å². The van der Waals surface area contributed by atoms with Crippen LogP contribution in [0.1, 0.15) is 44.0 Å². The van der Waals surface area contributed by atoms with Crippen molar-refractivity contribution in [1.29, 1.82) is 0 Å². The van der Waals surface area contributed by atoms with Crippen LogP contribution in [-0.4, -0.2) is 16.3 Å². The van der Waals surface area contributed by atoms with Crippen molar-refractivity contribution in [1.82, 2.24) is 15.1 Å². The number of hydrogen-bond acceptors (Lipinski definition) is 2. The van der Waals surface area contributed by atoms with Gasteiger partial charge in [0.05, 0.1) is 11.7 Å². The highest BCUT2D eigenvalue weighted by atomic mass is 35.5. The SMILES string of the molecule is CCCNC(c1ccc(F)cc1Cl)c1ccnn1CCC. The third kappa shape index (κ3) is 3.83. The van der Waals surface area contributed by atoms with Crippen molar-refractivity contribution in [3.05, 3.63) is 52.6 Å². The van der Waals surface area contributed by atoms with Gasteiger partial charge in [-0.1, -0.05) is 31.5 Å². The fourth-order valence-electron chi connectivity index (χ4n) is 2.38. The molecule has 0 bridgehead atoms. The van der Waals surface area contributed by atoms with Crippen LogP contribution in [0, 0.1) is 5.82 Å². The third-order valence-corrected chi connectivity index (χ3v) is 3.68. The molecule has 0 saturated carbocycles. The van der Waals surface area contributed by atoms with Crippen molar-refractivity contribution >= 4 is 11.6 Å². The van der Waals surface area contributed by atoms with E-state index in [1.54, 1.807) is 12.3 Å². The van der Waals surface area contributed by atoms with Crippen LogP contribution in [0.3, 0.4) is 0 Å². The lowest BCUT2D eigenvalue weighted by atomic mass is 10.0. The van der Waals surface area contributed by atoms with Gasteiger partial charge in [-0.15, -0.1) is 0 Å². The summed E-state index contributed by atoms with van der Waals surface area (Å²) in [6, 6.07) is 6.46. The molecule has 0 fully saturated rings. The summed E-state index contributed by atoms with van der Waals surface area (Å²) in [5, 5.41) is 8.28. The quantitative estimate of drug-likeness (QED) is 0.831. The lowest BCUT2D eigenvalue weighted by Gasteiger charge is -2.21. The molecule has 1 unspecified atom stereocenters. The number of aryl methyl sites for hydroxylation is 1. The summed E-state index contributed by atoms with van der Waals surface area (Å²) in [6.07, 6.45) is 3.81. The molecule has 5 heteroatoms. The summed E-state index contributed by atoms with van der Waals surface area (Å²) in [5.41, 5.74) is 1.93. The number of benzene rings is 1. The Labute approximate surface area is 130 Å². The molecular weight excluding hydrogens is 289 g/mol. The van der Waals surface area contributed by atoms with Gasteiger partial charge < -0.3 is 5.32 Å². The van der Waals surface area contributed by atoms with E-state index in [0.717, 1.165) is 37.2 Å². The van der Waals surface area contributed by atoms with Gasteiger partial charge in [0, 0.05) is 17.8 Å². The van der Waals surface area contributed by atoms with Gasteiger partial charge in [0.2, 0.25) is 0 Å². The molecular formula is C16H21ClFN3. The fraction of sp³-hybridized carbons (Fsp3) is 0.438. The molecule has 114 valence electrons. The van der Waals surface area contributed by atoms with Crippen molar-refractivity contribution in [2.45, 2.75) is 39.3 Å². The molecule has 21 heavy (non-hydrogen) atoms. The van der Waals surface area contributed by atoms with Gasteiger partial charge in [-0.2, -0.15) is 5.10 Å². The van der Waals surface area contributed by atoms with Crippen LogP contribution in [-0.2, 0) is 6.54 Å². The van der Waals surface area contributed by atoms with Crippen LogP contribution in [0.15, 0.2) is 30.5 Å². The van der Waals surface area contributed by atoms with Crippen LogP contribution in [0.25, 0.3) is 0 Å². The molecule has 1 aromatic carbocycles. The highest BCUT2D eigenvalue weighted by Crippen LogP contribution is 2.29. The fourth-order valence-corrected chi connectivity index (χ4v) is 2.66. The van der Waals surface area contributed by atoms with Gasteiger partial charge in [-0.05, 0) is 43.1 Å². The first-order valence-corrected chi connectivity index (χ1v) is 7.75. The van der Waals surface area contributed by atoms with Crippen molar-refractivity contribution < 1.29 is 4.39 Å². The number of nitrogens with zero attached hydrogens (tertiary/aromatic N) is 2. The molecule has 0 aliphatic rings. The minimum Gasteiger partial charge on any atom is -0.305 e. The Hall–Kier alpha value is -1.39. The molecule has 1 atom stereocenters. The van der Waals surface area contributed by atoms with Gasteiger partial charge in [-0.3, -0.25) is 4.68 Å². The van der Waals surface area contributed by atoms with Crippen molar-refractivity contribution in [3.63, 3.8) is 0 Å². The summed E-state index contributed by atoms with van der Waals surface area (Å²) in [4.78, 5) is 0. The van der Waals surface area contributed by atoms with Gasteiger partial charge in [-0.25, -0.2) is 4.39 Å². The molecule has 1 aromatic heterocycles. The van der Waals surface area contributed by atoms with E-state index in [1.807, 2.05) is 10.7 Å². The van der Waals surface area contributed by atoms with Crippen molar-refractivity contribution in [2.75, 3.05) is 6.54 Å². The second-order valence-electron chi connectivity index (χ2n) is 5.03. The monoisotopic (exact) mass is 309 g/mol. The summed E-state index contributed by atoms with van der Waals surface area (Å²) in [6.45, 7) is 5.94. The lowest BCUT2D eigenvalue weighted by molar-refractivity contribution is 0.511. The second kappa shape index (κ2) is 7.57. The Morgan fingerprint density at radius 3 is 2.76 bits per heavy atom. The molecule has 2 aromatic rings. The summed E-state index contributed by atoms with van der Waals surface area (Å²) in [7, 11) is 0. The normalized spacial score (nSPS) is 12.6. The van der Waals surface area contributed by atoms with Crippen LogP contribution in [0.2, 0.25) is 5.02 Å². The molecule has 3 nitrogen and oxygen atoms in total. The first-order chi connectivity index (χ1) is 10.2. The largest absolute Gasteiger partial charge is 0.305 e. The minimum absolute atomic E-state index is 0.0768. The summed E-state index contributed by atoms with van der Waals surface area (Å²) >= 11 is 6.24. The molecule has 0 saturated heterocycles. The van der Waals surface area contributed by atoms with E-state index in [1.165, 1.54) is 12.1 Å². The van der Waals surface area contributed by atoms with E-state index in [0.29, 0.717) is 5.02 Å². The second-order valence-corrected chi connectivity index (χ2v) is 5.44. The van der Waals surface area contributed by atoms with E-state index in [-0.39, 0.29) is 11.9 Å². The predicted octanol–water partition coefficient (Wildman–Crippen LogP) is 4.17. The maximum atomic E-state index is 13.3. The Morgan fingerprint density at radius 1 is 1.29 bits per heavy atom. The van der Waals surface area contributed by atoms with Crippen LogP contribution in [0.5, 0.6) is 0 Å². The van der Waals surface area contributed by atoms with Gasteiger partial charge >= 0.3 is 0 Å². The highest BCUT2D eigenvalue weighted by Gasteiger charge is 2.20. The van der Waals surface area contributed by atoms with Gasteiger partial charge in [0.1, 0.15) is 5.82 Å². The van der Waals surface area contributed by atoms with E-state index in [2.05, 4.69) is 24.3 Å². The van der Waals surface area contributed by atoms with Gasteiger partial charge in [0.15, 0.2) is 0 Å². The molecule has 0 spiro atoms. The molecule has 0 radical (unpaired) electrons. The molecule has 1 N–H and O–H groups in total. The highest BCUT2D eigenvalue weighted by molar-refractivity contribution is 6.31. The molecule has 0 aliphatic carbocycles.